The summed E-state index contributed by atoms with van der Waals surface area (Å²) in [5.41, 5.74) is 1.74. The number of esters is 1. The van der Waals surface area contributed by atoms with Gasteiger partial charge in [0.1, 0.15) is 0 Å². The van der Waals surface area contributed by atoms with Gasteiger partial charge in [0.2, 0.25) is 0 Å². The lowest BCUT2D eigenvalue weighted by molar-refractivity contribution is -0.136. The lowest BCUT2D eigenvalue weighted by Crippen LogP contribution is -2.38. The van der Waals surface area contributed by atoms with Crippen molar-refractivity contribution in [1.29, 1.82) is 0 Å². The van der Waals surface area contributed by atoms with E-state index in [4.69, 9.17) is 4.74 Å². The summed E-state index contributed by atoms with van der Waals surface area (Å²) in [6.45, 7) is 1.77. The number of carbonyl (C=O) groups is 1. The molecule has 1 aromatic carbocycles. The van der Waals surface area contributed by atoms with Crippen LogP contribution < -0.4 is 14.9 Å². The topological polar surface area (TPSA) is 60.7 Å². The number of carbonyl (C=O) groups excluding carboxylic acids is 1. The van der Waals surface area contributed by atoms with Crippen molar-refractivity contribution in [2.75, 3.05) is 7.11 Å². The SMILES string of the molecule is COC(=O)C1=C(C)N=c2s/c(=C/c3cccs3)c(=O)n2[C@H]1/C=C/c1ccccc1. The Labute approximate surface area is 175 Å². The van der Waals surface area contributed by atoms with E-state index in [9.17, 15) is 9.59 Å². The van der Waals surface area contributed by atoms with Crippen LogP contribution >= 0.6 is 22.7 Å². The molecular formula is C22H18N2O3S2. The minimum atomic E-state index is -0.579. The third-order valence-corrected chi connectivity index (χ3v) is 6.36. The number of rotatable bonds is 4. The van der Waals surface area contributed by atoms with Gasteiger partial charge in [-0.15, -0.1) is 11.3 Å². The lowest BCUT2D eigenvalue weighted by Gasteiger charge is -2.21. The third-order valence-electron chi connectivity index (χ3n) is 4.56. The van der Waals surface area contributed by atoms with Crippen LogP contribution in [-0.4, -0.2) is 17.6 Å². The summed E-state index contributed by atoms with van der Waals surface area (Å²) in [5, 5.41) is 1.97. The van der Waals surface area contributed by atoms with Gasteiger partial charge in [-0.05, 0) is 30.0 Å². The van der Waals surface area contributed by atoms with Gasteiger partial charge in [0.05, 0.1) is 29.0 Å². The Morgan fingerprint density at radius 2 is 2.00 bits per heavy atom. The summed E-state index contributed by atoms with van der Waals surface area (Å²) < 4.78 is 7.14. The molecule has 0 amide bonds. The number of fused-ring (bicyclic) bond motifs is 1. The van der Waals surface area contributed by atoms with Crippen LogP contribution in [0.25, 0.3) is 12.2 Å². The molecule has 2 aromatic heterocycles. The van der Waals surface area contributed by atoms with Gasteiger partial charge in [0.25, 0.3) is 5.56 Å². The van der Waals surface area contributed by atoms with Crippen molar-refractivity contribution < 1.29 is 9.53 Å². The normalized spacial score (nSPS) is 16.8. The first-order chi connectivity index (χ1) is 14.1. The number of methoxy groups -OCH3 is 1. The Morgan fingerprint density at radius 1 is 1.21 bits per heavy atom. The molecule has 0 spiro atoms. The summed E-state index contributed by atoms with van der Waals surface area (Å²) in [7, 11) is 1.34. The molecule has 0 aliphatic carbocycles. The minimum absolute atomic E-state index is 0.168. The zero-order chi connectivity index (χ0) is 20.4. The highest BCUT2D eigenvalue weighted by Crippen LogP contribution is 2.26. The molecule has 0 saturated carbocycles. The maximum Gasteiger partial charge on any atom is 0.338 e. The summed E-state index contributed by atoms with van der Waals surface area (Å²) in [5.74, 6) is -0.485. The van der Waals surface area contributed by atoms with E-state index in [1.165, 1.54) is 18.4 Å². The number of benzene rings is 1. The Kier molecular flexibility index (Phi) is 5.42. The molecule has 0 radical (unpaired) electrons. The average molecular weight is 423 g/mol. The highest BCUT2D eigenvalue weighted by molar-refractivity contribution is 7.11. The van der Waals surface area contributed by atoms with Gasteiger partial charge in [0, 0.05) is 4.88 Å². The predicted molar refractivity (Wildman–Crippen MR) is 116 cm³/mol. The maximum atomic E-state index is 13.2. The molecule has 1 aliphatic heterocycles. The molecule has 7 heteroatoms. The number of nitrogens with zero attached hydrogens (tertiary/aromatic N) is 2. The van der Waals surface area contributed by atoms with E-state index in [1.54, 1.807) is 22.8 Å². The van der Waals surface area contributed by atoms with Crippen molar-refractivity contribution in [1.82, 2.24) is 4.57 Å². The lowest BCUT2D eigenvalue weighted by atomic mass is 10.0. The Morgan fingerprint density at radius 3 is 2.69 bits per heavy atom. The second-order valence-corrected chi connectivity index (χ2v) is 8.39. The fourth-order valence-electron chi connectivity index (χ4n) is 3.19. The molecule has 29 heavy (non-hydrogen) atoms. The van der Waals surface area contributed by atoms with E-state index in [2.05, 4.69) is 4.99 Å². The zero-order valence-electron chi connectivity index (χ0n) is 15.9. The standard InChI is InChI=1S/C22H18N2O3S2/c1-14-19(21(26)27-2)17(11-10-15-7-4-3-5-8-15)24-20(25)18(29-22(24)23-14)13-16-9-6-12-28-16/h3-13,17H,1-2H3/b11-10+,18-13+/t17-/m0/s1. The van der Waals surface area contributed by atoms with Crippen molar-refractivity contribution >= 4 is 40.8 Å². The van der Waals surface area contributed by atoms with Crippen molar-refractivity contribution in [3.05, 3.63) is 95.3 Å². The molecule has 3 aromatic rings. The van der Waals surface area contributed by atoms with Crippen molar-refractivity contribution in [2.45, 2.75) is 13.0 Å². The van der Waals surface area contributed by atoms with E-state index in [1.807, 2.05) is 66.1 Å². The summed E-state index contributed by atoms with van der Waals surface area (Å²) in [6, 6.07) is 13.1. The fraction of sp³-hybridized carbons (Fsp3) is 0.136. The van der Waals surface area contributed by atoms with Gasteiger partial charge in [0.15, 0.2) is 4.80 Å². The van der Waals surface area contributed by atoms with Gasteiger partial charge in [-0.2, -0.15) is 0 Å². The first kappa shape index (κ1) is 19.3. The Hall–Kier alpha value is -3.03. The van der Waals surface area contributed by atoms with Crippen LogP contribution in [0.1, 0.15) is 23.4 Å². The van der Waals surface area contributed by atoms with Crippen LogP contribution in [0.15, 0.2) is 75.0 Å². The second kappa shape index (κ2) is 8.14. The first-order valence-electron chi connectivity index (χ1n) is 8.96. The van der Waals surface area contributed by atoms with Crippen LogP contribution in [0, 0.1) is 0 Å². The third kappa shape index (κ3) is 3.79. The molecule has 4 rings (SSSR count). The highest BCUT2D eigenvalue weighted by Gasteiger charge is 2.29. The Balaban J connectivity index is 1.89. The van der Waals surface area contributed by atoms with Gasteiger partial charge in [-0.3, -0.25) is 9.36 Å². The van der Waals surface area contributed by atoms with Gasteiger partial charge in [-0.25, -0.2) is 9.79 Å². The Bertz CT molecular complexity index is 1280. The molecule has 0 N–H and O–H groups in total. The quantitative estimate of drug-likeness (QED) is 0.607. The minimum Gasteiger partial charge on any atom is -0.466 e. The van der Waals surface area contributed by atoms with Crippen LogP contribution in [0.4, 0.5) is 0 Å². The van der Waals surface area contributed by atoms with E-state index in [-0.39, 0.29) is 5.56 Å². The molecule has 0 bridgehead atoms. The van der Waals surface area contributed by atoms with Crippen molar-refractivity contribution in [3.8, 4) is 0 Å². The van der Waals surface area contributed by atoms with Crippen molar-refractivity contribution in [3.63, 3.8) is 0 Å². The number of hydrogen-bond donors (Lipinski definition) is 0. The zero-order valence-corrected chi connectivity index (χ0v) is 17.5. The van der Waals surface area contributed by atoms with Crippen LogP contribution in [-0.2, 0) is 9.53 Å². The van der Waals surface area contributed by atoms with Gasteiger partial charge >= 0.3 is 5.97 Å². The van der Waals surface area contributed by atoms with E-state index < -0.39 is 12.0 Å². The molecule has 1 aliphatic rings. The molecule has 1 atom stereocenters. The summed E-state index contributed by atoms with van der Waals surface area (Å²) in [4.78, 5) is 31.8. The number of hydrogen-bond acceptors (Lipinski definition) is 6. The molecule has 3 heterocycles. The second-order valence-electron chi connectivity index (χ2n) is 6.40. The van der Waals surface area contributed by atoms with Gasteiger partial charge < -0.3 is 4.74 Å². The largest absolute Gasteiger partial charge is 0.466 e. The first-order valence-corrected chi connectivity index (χ1v) is 10.7. The van der Waals surface area contributed by atoms with Crippen LogP contribution in [0.3, 0.4) is 0 Å². The van der Waals surface area contributed by atoms with Crippen LogP contribution in [0.5, 0.6) is 0 Å². The molecule has 146 valence electrons. The number of aromatic nitrogens is 1. The summed E-state index contributed by atoms with van der Waals surface area (Å²) in [6.07, 6.45) is 5.62. The maximum absolute atomic E-state index is 13.2. The predicted octanol–water partition coefficient (Wildman–Crippen LogP) is 3.13. The number of thiophene rings is 1. The highest BCUT2D eigenvalue weighted by atomic mass is 32.1. The smallest absolute Gasteiger partial charge is 0.338 e. The molecule has 0 unspecified atom stereocenters. The van der Waals surface area contributed by atoms with Crippen molar-refractivity contribution in [2.24, 2.45) is 4.99 Å². The molecule has 0 fully saturated rings. The average Bonchev–Trinajstić information content (AvgIpc) is 3.34. The number of ether oxygens (including phenoxy) is 1. The summed E-state index contributed by atoms with van der Waals surface area (Å²) >= 11 is 2.89. The number of thiazole rings is 1. The van der Waals surface area contributed by atoms with E-state index in [0.29, 0.717) is 20.6 Å². The monoisotopic (exact) mass is 422 g/mol. The molecule has 0 saturated heterocycles. The van der Waals surface area contributed by atoms with Crippen LogP contribution in [0.2, 0.25) is 0 Å². The number of allylic oxidation sites excluding steroid dienone is 2. The molecular weight excluding hydrogens is 404 g/mol. The van der Waals surface area contributed by atoms with E-state index in [0.717, 1.165) is 10.4 Å². The van der Waals surface area contributed by atoms with E-state index >= 15 is 0 Å². The molecule has 5 nitrogen and oxygen atoms in total. The van der Waals surface area contributed by atoms with Gasteiger partial charge in [-0.1, -0.05) is 59.9 Å². The fourth-order valence-corrected chi connectivity index (χ4v) is 4.96.